The summed E-state index contributed by atoms with van der Waals surface area (Å²) in [6.07, 6.45) is 3.89. The molecule has 2 saturated heterocycles. The molecule has 8 heteroatoms. The van der Waals surface area contributed by atoms with Crippen molar-refractivity contribution < 1.29 is 0 Å². The van der Waals surface area contributed by atoms with E-state index in [0.29, 0.717) is 16.7 Å². The van der Waals surface area contributed by atoms with Crippen LogP contribution < -0.4 is 10.2 Å². The molecule has 7 nitrogen and oxygen atoms in total. The summed E-state index contributed by atoms with van der Waals surface area (Å²) in [6, 6.07) is 19.8. The average molecular weight is 516 g/mol. The first kappa shape index (κ1) is 24.2. The Labute approximate surface area is 223 Å². The van der Waals surface area contributed by atoms with Crippen molar-refractivity contribution in [2.75, 3.05) is 56.5 Å². The molecule has 0 amide bonds. The van der Waals surface area contributed by atoms with Crippen LogP contribution in [0.4, 0.5) is 11.4 Å². The molecule has 2 fully saturated rings. The van der Waals surface area contributed by atoms with Gasteiger partial charge in [-0.15, -0.1) is 0 Å². The lowest BCUT2D eigenvalue weighted by atomic mass is 10.1. The van der Waals surface area contributed by atoms with Gasteiger partial charge in [0, 0.05) is 50.0 Å². The molecule has 0 bridgehead atoms. The number of hydrogen-bond acceptors (Lipinski definition) is 6. The summed E-state index contributed by atoms with van der Waals surface area (Å²) in [5, 5.41) is 4.30. The van der Waals surface area contributed by atoms with Gasteiger partial charge < -0.3 is 20.1 Å². The number of fused-ring (bicyclic) bond motifs is 1. The fourth-order valence-corrected chi connectivity index (χ4v) is 5.60. The number of piperazine rings is 1. The van der Waals surface area contributed by atoms with E-state index < -0.39 is 0 Å². The number of pyridine rings is 1. The Hall–Kier alpha value is -3.13. The van der Waals surface area contributed by atoms with E-state index in [0.717, 1.165) is 81.2 Å². The van der Waals surface area contributed by atoms with Gasteiger partial charge in [0.25, 0.3) is 0 Å². The lowest BCUT2D eigenvalue weighted by molar-refractivity contribution is 0.250. The van der Waals surface area contributed by atoms with E-state index in [4.69, 9.17) is 16.6 Å². The number of imidazole rings is 1. The molecular formula is C29H34ClN7. The number of rotatable bonds is 6. The third-order valence-electron chi connectivity index (χ3n) is 7.67. The molecular weight excluding hydrogens is 482 g/mol. The molecule has 4 aromatic rings. The van der Waals surface area contributed by atoms with Crippen molar-refractivity contribution in [3.63, 3.8) is 0 Å². The zero-order valence-electron chi connectivity index (χ0n) is 21.3. The molecule has 2 aromatic heterocycles. The normalized spacial score (nSPS) is 17.9. The minimum atomic E-state index is 0.401. The summed E-state index contributed by atoms with van der Waals surface area (Å²) in [5.74, 6) is 0.815. The Morgan fingerprint density at radius 1 is 0.946 bits per heavy atom. The molecule has 0 radical (unpaired) electrons. The molecule has 0 aliphatic carbocycles. The molecule has 0 unspecified atom stereocenters. The fraction of sp³-hybridized carbons (Fsp3) is 0.379. The number of hydrogen-bond donors (Lipinski definition) is 2. The first-order valence-corrected chi connectivity index (χ1v) is 13.6. The predicted molar refractivity (Wildman–Crippen MR) is 152 cm³/mol. The monoisotopic (exact) mass is 515 g/mol. The number of halogens is 1. The van der Waals surface area contributed by atoms with Gasteiger partial charge in [-0.1, -0.05) is 41.9 Å². The van der Waals surface area contributed by atoms with E-state index in [1.54, 1.807) is 6.20 Å². The molecule has 2 aliphatic heterocycles. The maximum absolute atomic E-state index is 6.58. The number of likely N-dealkylation sites (tertiary alicyclic amines) is 1. The number of aromatic nitrogens is 3. The number of benzene rings is 2. The molecule has 4 heterocycles. The quantitative estimate of drug-likeness (QED) is 0.372. The van der Waals surface area contributed by atoms with Crippen molar-refractivity contribution in [3.05, 3.63) is 71.4 Å². The Morgan fingerprint density at radius 3 is 2.41 bits per heavy atom. The zero-order valence-corrected chi connectivity index (χ0v) is 22.1. The van der Waals surface area contributed by atoms with Crippen LogP contribution in [-0.2, 0) is 6.54 Å². The summed E-state index contributed by atoms with van der Waals surface area (Å²) in [5.41, 5.74) is 6.15. The van der Waals surface area contributed by atoms with Gasteiger partial charge in [-0.05, 0) is 62.8 Å². The van der Waals surface area contributed by atoms with E-state index in [9.17, 15) is 0 Å². The highest BCUT2D eigenvalue weighted by Gasteiger charge is 2.21. The van der Waals surface area contributed by atoms with Gasteiger partial charge in [0.05, 0.1) is 16.9 Å². The third-order valence-corrected chi connectivity index (χ3v) is 7.95. The van der Waals surface area contributed by atoms with Crippen molar-refractivity contribution >= 4 is 34.1 Å². The van der Waals surface area contributed by atoms with Gasteiger partial charge in [-0.2, -0.15) is 0 Å². The molecule has 2 aromatic carbocycles. The summed E-state index contributed by atoms with van der Waals surface area (Å²) >= 11 is 6.58. The highest BCUT2D eigenvalue weighted by Crippen LogP contribution is 2.32. The van der Waals surface area contributed by atoms with Gasteiger partial charge in [-0.25, -0.2) is 9.97 Å². The van der Waals surface area contributed by atoms with Crippen molar-refractivity contribution in [1.82, 2.24) is 24.8 Å². The van der Waals surface area contributed by atoms with Crippen LogP contribution in [0.25, 0.3) is 22.6 Å². The molecule has 37 heavy (non-hydrogen) atoms. The second-order valence-electron chi connectivity index (χ2n) is 10.3. The van der Waals surface area contributed by atoms with Crippen LogP contribution in [0.5, 0.6) is 0 Å². The highest BCUT2D eigenvalue weighted by molar-refractivity contribution is 6.34. The number of nitrogens with zero attached hydrogens (tertiary/aromatic N) is 5. The van der Waals surface area contributed by atoms with Gasteiger partial charge in [0.2, 0.25) is 0 Å². The predicted octanol–water partition coefficient (Wildman–Crippen LogP) is 5.11. The third kappa shape index (κ3) is 5.44. The van der Waals surface area contributed by atoms with Crippen LogP contribution in [-0.4, -0.2) is 77.1 Å². The van der Waals surface area contributed by atoms with Crippen LogP contribution >= 0.6 is 11.6 Å². The SMILES string of the molecule is CN1CCC(Nc2c(Cl)cnc3nc(-c4ccc(N5CCN(Cc6ccccc6)CC5)cc4)[nH]c23)CC1. The molecule has 6 rings (SSSR count). The van der Waals surface area contributed by atoms with Crippen molar-refractivity contribution in [3.8, 4) is 11.4 Å². The first-order valence-electron chi connectivity index (χ1n) is 13.2. The summed E-state index contributed by atoms with van der Waals surface area (Å²) < 4.78 is 0. The molecule has 0 spiro atoms. The van der Waals surface area contributed by atoms with E-state index in [-0.39, 0.29) is 0 Å². The first-order chi connectivity index (χ1) is 18.1. The maximum Gasteiger partial charge on any atom is 0.180 e. The van der Waals surface area contributed by atoms with E-state index in [1.807, 2.05) is 0 Å². The minimum Gasteiger partial charge on any atom is -0.379 e. The minimum absolute atomic E-state index is 0.401. The molecule has 0 saturated carbocycles. The Kier molecular flexibility index (Phi) is 7.00. The van der Waals surface area contributed by atoms with Crippen LogP contribution in [0.15, 0.2) is 60.8 Å². The van der Waals surface area contributed by atoms with Gasteiger partial charge in [-0.3, -0.25) is 4.90 Å². The highest BCUT2D eigenvalue weighted by atomic mass is 35.5. The largest absolute Gasteiger partial charge is 0.379 e. The fourth-order valence-electron chi connectivity index (χ4n) is 5.40. The smallest absolute Gasteiger partial charge is 0.180 e. The molecule has 2 aliphatic rings. The molecule has 192 valence electrons. The van der Waals surface area contributed by atoms with Crippen molar-refractivity contribution in [2.24, 2.45) is 0 Å². The number of anilines is 2. The average Bonchev–Trinajstić information content (AvgIpc) is 3.37. The van der Waals surface area contributed by atoms with Crippen LogP contribution in [0.1, 0.15) is 18.4 Å². The van der Waals surface area contributed by atoms with E-state index >= 15 is 0 Å². The number of aromatic amines is 1. The van der Waals surface area contributed by atoms with E-state index in [1.165, 1.54) is 11.3 Å². The molecule has 2 N–H and O–H groups in total. The topological polar surface area (TPSA) is 63.3 Å². The Bertz CT molecular complexity index is 1320. The second kappa shape index (κ2) is 10.7. The summed E-state index contributed by atoms with van der Waals surface area (Å²) in [6.45, 7) is 7.40. The maximum atomic E-state index is 6.58. The standard InChI is InChI=1S/C29H34ClN7/c1-35-13-11-23(12-14-35)32-26-25(30)19-31-29-27(26)33-28(34-29)22-7-9-24(10-8-22)37-17-15-36(16-18-37)20-21-5-3-2-4-6-21/h2-10,19,23H,11-18,20H2,1H3,(H2,31,32,33,34). The van der Waals surface area contributed by atoms with Gasteiger partial charge in [0.1, 0.15) is 11.3 Å². The van der Waals surface area contributed by atoms with E-state index in [2.05, 4.69) is 91.6 Å². The zero-order chi connectivity index (χ0) is 25.2. The number of piperidine rings is 1. The van der Waals surface area contributed by atoms with Gasteiger partial charge in [0.15, 0.2) is 5.65 Å². The number of nitrogens with one attached hydrogen (secondary N) is 2. The Morgan fingerprint density at radius 2 is 1.68 bits per heavy atom. The van der Waals surface area contributed by atoms with Crippen LogP contribution in [0, 0.1) is 0 Å². The van der Waals surface area contributed by atoms with Crippen LogP contribution in [0.3, 0.4) is 0 Å². The summed E-state index contributed by atoms with van der Waals surface area (Å²) in [4.78, 5) is 20.1. The molecule has 0 atom stereocenters. The van der Waals surface area contributed by atoms with Gasteiger partial charge >= 0.3 is 0 Å². The van der Waals surface area contributed by atoms with Crippen molar-refractivity contribution in [2.45, 2.75) is 25.4 Å². The second-order valence-corrected chi connectivity index (χ2v) is 10.7. The van der Waals surface area contributed by atoms with Crippen molar-refractivity contribution in [1.29, 1.82) is 0 Å². The van der Waals surface area contributed by atoms with Crippen LogP contribution in [0.2, 0.25) is 5.02 Å². The Balaban J connectivity index is 1.13. The number of H-pyrrole nitrogens is 1. The lowest BCUT2D eigenvalue weighted by Gasteiger charge is -2.36. The summed E-state index contributed by atoms with van der Waals surface area (Å²) in [7, 11) is 2.17. The lowest BCUT2D eigenvalue weighted by Crippen LogP contribution is -2.45.